The number of piperazine rings is 1. The molecule has 0 aliphatic carbocycles. The average Bonchev–Trinajstić information content (AvgIpc) is 3.16. The Balaban J connectivity index is 0.00000320. The summed E-state index contributed by atoms with van der Waals surface area (Å²) in [6.07, 6.45) is 3.56. The topological polar surface area (TPSA) is 84.2 Å². The number of methoxy groups -OCH3 is 2. The van der Waals surface area contributed by atoms with Crippen LogP contribution in [-0.2, 0) is 18.4 Å². The Morgan fingerprint density at radius 1 is 1.27 bits per heavy atom. The minimum atomic E-state index is 0. The number of hydrogen-bond acceptors (Lipinski definition) is 5. The Kier molecular flexibility index (Phi) is 8.75. The van der Waals surface area contributed by atoms with E-state index in [-0.39, 0.29) is 36.4 Å². The molecule has 0 atom stereocenters. The molecule has 1 saturated heterocycles. The van der Waals surface area contributed by atoms with Crippen molar-refractivity contribution in [1.82, 2.24) is 20.0 Å². The minimum Gasteiger partial charge on any atom is -0.493 e. The molecule has 0 bridgehead atoms. The number of aliphatic imine (C=N–C) groups is 1. The van der Waals surface area contributed by atoms with E-state index in [9.17, 15) is 4.79 Å². The molecular weight excluding hydrogens is 499 g/mol. The number of aromatic nitrogens is 2. The van der Waals surface area contributed by atoms with Crippen LogP contribution in [-0.4, -0.2) is 66.9 Å². The molecule has 10 heteroatoms. The van der Waals surface area contributed by atoms with E-state index in [1.54, 1.807) is 30.0 Å². The number of benzene rings is 1. The van der Waals surface area contributed by atoms with Crippen molar-refractivity contribution in [3.8, 4) is 11.5 Å². The van der Waals surface area contributed by atoms with Crippen LogP contribution in [0.4, 0.5) is 5.69 Å². The van der Waals surface area contributed by atoms with Gasteiger partial charge < -0.3 is 24.6 Å². The molecule has 1 fully saturated rings. The molecule has 2 heterocycles. The quantitative estimate of drug-likeness (QED) is 0.350. The van der Waals surface area contributed by atoms with E-state index in [1.807, 2.05) is 43.3 Å². The van der Waals surface area contributed by atoms with Gasteiger partial charge in [-0.15, -0.1) is 24.0 Å². The van der Waals surface area contributed by atoms with Gasteiger partial charge in [0.15, 0.2) is 17.5 Å². The highest BCUT2D eigenvalue weighted by molar-refractivity contribution is 14.0. The number of rotatable bonds is 6. The van der Waals surface area contributed by atoms with Gasteiger partial charge in [0.2, 0.25) is 5.91 Å². The first-order chi connectivity index (χ1) is 14.1. The number of carbonyl (C=O) groups excluding carboxylic acids is 1. The van der Waals surface area contributed by atoms with Crippen LogP contribution in [0.3, 0.4) is 0 Å². The van der Waals surface area contributed by atoms with Gasteiger partial charge in [0, 0.05) is 38.4 Å². The maximum atomic E-state index is 12.7. The first-order valence-electron chi connectivity index (χ1n) is 9.59. The molecule has 0 unspecified atom stereocenters. The van der Waals surface area contributed by atoms with Crippen LogP contribution in [0, 0.1) is 0 Å². The van der Waals surface area contributed by atoms with Gasteiger partial charge in [0.1, 0.15) is 6.54 Å². The summed E-state index contributed by atoms with van der Waals surface area (Å²) < 4.78 is 12.5. The van der Waals surface area contributed by atoms with Gasteiger partial charge >= 0.3 is 0 Å². The predicted molar refractivity (Wildman–Crippen MR) is 127 cm³/mol. The van der Waals surface area contributed by atoms with Gasteiger partial charge in [0.25, 0.3) is 0 Å². The molecule has 1 N–H and O–H groups in total. The number of halogens is 1. The van der Waals surface area contributed by atoms with Gasteiger partial charge in [-0.1, -0.05) is 12.1 Å². The van der Waals surface area contributed by atoms with Gasteiger partial charge in [0.05, 0.1) is 32.6 Å². The number of anilines is 1. The Hall–Kier alpha value is -2.50. The summed E-state index contributed by atoms with van der Waals surface area (Å²) in [5.74, 6) is 2.07. The second-order valence-electron chi connectivity index (χ2n) is 6.66. The second kappa shape index (κ2) is 11.0. The third kappa shape index (κ3) is 5.35. The molecule has 30 heavy (non-hydrogen) atoms. The lowest BCUT2D eigenvalue weighted by Crippen LogP contribution is -2.55. The average molecular weight is 528 g/mol. The van der Waals surface area contributed by atoms with Crippen molar-refractivity contribution in [3.63, 3.8) is 0 Å². The lowest BCUT2D eigenvalue weighted by molar-refractivity contribution is -0.120. The Morgan fingerprint density at radius 2 is 2.07 bits per heavy atom. The van der Waals surface area contributed by atoms with Gasteiger partial charge in [-0.2, -0.15) is 5.10 Å². The van der Waals surface area contributed by atoms with Crippen LogP contribution < -0.4 is 19.7 Å². The van der Waals surface area contributed by atoms with Crippen LogP contribution in [0.1, 0.15) is 12.5 Å². The number of nitrogens with zero attached hydrogens (tertiary/aromatic N) is 5. The van der Waals surface area contributed by atoms with E-state index in [0.717, 1.165) is 11.3 Å². The standard InChI is InChI=1S/C20H28N6O3.HI/c1-5-21-20(22-11-15-7-6-8-17(28-3)19(15)29-4)25-9-10-26(18(27)14-25)16-12-23-24(2)13-16;/h6-8,12-13H,5,9-11,14H2,1-4H3,(H,21,22);1H. The molecular formula is C20H29IN6O3. The number of para-hydroxylation sites is 1. The smallest absolute Gasteiger partial charge is 0.246 e. The highest BCUT2D eigenvalue weighted by Crippen LogP contribution is 2.31. The van der Waals surface area contributed by atoms with E-state index in [4.69, 9.17) is 14.5 Å². The zero-order valence-electron chi connectivity index (χ0n) is 17.8. The van der Waals surface area contributed by atoms with Crippen LogP contribution >= 0.6 is 24.0 Å². The molecule has 1 amide bonds. The third-order valence-corrected chi connectivity index (χ3v) is 4.74. The second-order valence-corrected chi connectivity index (χ2v) is 6.66. The largest absolute Gasteiger partial charge is 0.493 e. The fourth-order valence-electron chi connectivity index (χ4n) is 3.34. The molecule has 0 spiro atoms. The first kappa shape index (κ1) is 23.8. The van der Waals surface area contributed by atoms with Crippen molar-refractivity contribution in [1.29, 1.82) is 0 Å². The van der Waals surface area contributed by atoms with Gasteiger partial charge in [-0.05, 0) is 13.0 Å². The normalized spacial score (nSPS) is 14.4. The molecule has 2 aromatic rings. The van der Waals surface area contributed by atoms with Crippen molar-refractivity contribution < 1.29 is 14.3 Å². The summed E-state index contributed by atoms with van der Waals surface area (Å²) in [5, 5.41) is 7.44. The molecule has 0 radical (unpaired) electrons. The monoisotopic (exact) mass is 528 g/mol. The molecule has 164 valence electrons. The van der Waals surface area contributed by atoms with E-state index in [0.29, 0.717) is 43.6 Å². The number of amides is 1. The molecule has 1 aliphatic rings. The maximum Gasteiger partial charge on any atom is 0.246 e. The number of aryl methyl sites for hydroxylation is 1. The van der Waals surface area contributed by atoms with E-state index in [1.165, 1.54) is 0 Å². The molecule has 1 aliphatic heterocycles. The summed E-state index contributed by atoms with van der Waals surface area (Å²) in [6.45, 7) is 4.66. The fourth-order valence-corrected chi connectivity index (χ4v) is 3.34. The highest BCUT2D eigenvalue weighted by Gasteiger charge is 2.27. The molecule has 1 aromatic carbocycles. The highest BCUT2D eigenvalue weighted by atomic mass is 127. The number of guanidine groups is 1. The SMILES string of the molecule is CCNC(=NCc1cccc(OC)c1OC)N1CCN(c2cnn(C)c2)C(=O)C1.I. The van der Waals surface area contributed by atoms with Crippen LogP contribution in [0.5, 0.6) is 11.5 Å². The molecule has 0 saturated carbocycles. The van der Waals surface area contributed by atoms with Gasteiger partial charge in [-0.3, -0.25) is 9.48 Å². The number of hydrogen-bond donors (Lipinski definition) is 1. The van der Waals surface area contributed by atoms with Crippen molar-refractivity contribution in [2.24, 2.45) is 12.0 Å². The number of carbonyl (C=O) groups is 1. The zero-order chi connectivity index (χ0) is 20.8. The van der Waals surface area contributed by atoms with Crippen molar-refractivity contribution in [3.05, 3.63) is 36.2 Å². The van der Waals surface area contributed by atoms with Crippen molar-refractivity contribution in [2.45, 2.75) is 13.5 Å². The van der Waals surface area contributed by atoms with Crippen LogP contribution in [0.2, 0.25) is 0 Å². The Labute approximate surface area is 194 Å². The number of ether oxygens (including phenoxy) is 2. The predicted octanol–water partition coefficient (Wildman–Crippen LogP) is 1.87. The molecule has 3 rings (SSSR count). The lowest BCUT2D eigenvalue weighted by Gasteiger charge is -2.35. The molecule has 1 aromatic heterocycles. The number of nitrogens with one attached hydrogen (secondary N) is 1. The minimum absolute atomic E-state index is 0. The fraction of sp³-hybridized carbons (Fsp3) is 0.450. The van der Waals surface area contributed by atoms with Crippen LogP contribution in [0.15, 0.2) is 35.6 Å². The lowest BCUT2D eigenvalue weighted by atomic mass is 10.2. The summed E-state index contributed by atoms with van der Waals surface area (Å²) in [4.78, 5) is 21.2. The summed E-state index contributed by atoms with van der Waals surface area (Å²) >= 11 is 0. The summed E-state index contributed by atoms with van der Waals surface area (Å²) in [6, 6.07) is 5.73. The molecule has 9 nitrogen and oxygen atoms in total. The van der Waals surface area contributed by atoms with E-state index in [2.05, 4.69) is 10.4 Å². The zero-order valence-corrected chi connectivity index (χ0v) is 20.1. The van der Waals surface area contributed by atoms with Crippen molar-refractivity contribution >= 4 is 41.5 Å². The summed E-state index contributed by atoms with van der Waals surface area (Å²) in [7, 11) is 5.07. The van der Waals surface area contributed by atoms with Crippen LogP contribution in [0.25, 0.3) is 0 Å². The Bertz CT molecular complexity index is 885. The van der Waals surface area contributed by atoms with Gasteiger partial charge in [-0.25, -0.2) is 4.99 Å². The third-order valence-electron chi connectivity index (χ3n) is 4.74. The van der Waals surface area contributed by atoms with Crippen molar-refractivity contribution in [2.75, 3.05) is 45.3 Å². The summed E-state index contributed by atoms with van der Waals surface area (Å²) in [5.41, 5.74) is 1.74. The van der Waals surface area contributed by atoms with E-state index >= 15 is 0 Å². The maximum absolute atomic E-state index is 12.7. The Morgan fingerprint density at radius 3 is 2.67 bits per heavy atom. The van der Waals surface area contributed by atoms with E-state index < -0.39 is 0 Å². The first-order valence-corrected chi connectivity index (χ1v) is 9.59.